The van der Waals surface area contributed by atoms with E-state index in [1.165, 1.54) is 12.8 Å². The van der Waals surface area contributed by atoms with Crippen molar-refractivity contribution in [2.45, 2.75) is 25.2 Å². The van der Waals surface area contributed by atoms with Crippen LogP contribution in [-0.4, -0.2) is 39.2 Å². The summed E-state index contributed by atoms with van der Waals surface area (Å²) in [5.41, 5.74) is 1.04. The number of hydrogen-bond donors (Lipinski definition) is 1. The summed E-state index contributed by atoms with van der Waals surface area (Å²) < 4.78 is 0. The standard InChI is InChI=1S/C12H16N6/c1-12(4-5-12)10-15-9(16-17-10)8-6-13-11(14-7-8)18(2)3/h6-7H,4-5H2,1-3H3,(H,15,16,17). The van der Waals surface area contributed by atoms with E-state index in [1.807, 2.05) is 19.0 Å². The van der Waals surface area contributed by atoms with Gasteiger partial charge < -0.3 is 4.90 Å². The molecule has 0 radical (unpaired) electrons. The summed E-state index contributed by atoms with van der Waals surface area (Å²) in [5.74, 6) is 2.32. The average molecular weight is 244 g/mol. The predicted octanol–water partition coefficient (Wildman–Crippen LogP) is 1.38. The van der Waals surface area contributed by atoms with Gasteiger partial charge in [0.05, 0.1) is 5.56 Å². The first kappa shape index (κ1) is 11.1. The Labute approximate surface area is 105 Å². The zero-order valence-electron chi connectivity index (χ0n) is 10.8. The van der Waals surface area contributed by atoms with Crippen molar-refractivity contribution in [3.63, 3.8) is 0 Å². The van der Waals surface area contributed by atoms with Crippen molar-refractivity contribution in [1.82, 2.24) is 25.1 Å². The van der Waals surface area contributed by atoms with Crippen molar-refractivity contribution < 1.29 is 0 Å². The van der Waals surface area contributed by atoms with Crippen LogP contribution in [0.1, 0.15) is 25.6 Å². The molecule has 1 aliphatic carbocycles. The third kappa shape index (κ3) is 1.83. The van der Waals surface area contributed by atoms with Gasteiger partial charge in [-0.05, 0) is 12.8 Å². The summed E-state index contributed by atoms with van der Waals surface area (Å²) in [5, 5.41) is 7.25. The van der Waals surface area contributed by atoms with Crippen molar-refractivity contribution in [3.05, 3.63) is 18.2 Å². The molecule has 18 heavy (non-hydrogen) atoms. The van der Waals surface area contributed by atoms with E-state index >= 15 is 0 Å². The van der Waals surface area contributed by atoms with E-state index in [1.54, 1.807) is 12.4 Å². The molecule has 1 N–H and O–H groups in total. The molecule has 1 fully saturated rings. The minimum Gasteiger partial charge on any atom is -0.347 e. The number of rotatable bonds is 3. The monoisotopic (exact) mass is 244 g/mol. The molecule has 0 aromatic carbocycles. The Hall–Kier alpha value is -1.98. The highest BCUT2D eigenvalue weighted by atomic mass is 15.2. The smallest absolute Gasteiger partial charge is 0.224 e. The lowest BCUT2D eigenvalue weighted by molar-refractivity contribution is 0.714. The Bertz CT molecular complexity index is 552. The fraction of sp³-hybridized carbons (Fsp3) is 0.500. The first-order chi connectivity index (χ1) is 8.58. The van der Waals surface area contributed by atoms with E-state index in [2.05, 4.69) is 32.1 Å². The van der Waals surface area contributed by atoms with E-state index < -0.39 is 0 Å². The Morgan fingerprint density at radius 2 is 1.89 bits per heavy atom. The minimum absolute atomic E-state index is 0.204. The second kappa shape index (κ2) is 3.76. The molecule has 0 aliphatic heterocycles. The molecule has 6 heteroatoms. The van der Waals surface area contributed by atoms with Gasteiger partial charge in [0.2, 0.25) is 5.95 Å². The van der Waals surface area contributed by atoms with Gasteiger partial charge >= 0.3 is 0 Å². The van der Waals surface area contributed by atoms with Gasteiger partial charge in [-0.25, -0.2) is 15.0 Å². The average Bonchev–Trinajstić information content (AvgIpc) is 2.94. The van der Waals surface area contributed by atoms with Gasteiger partial charge in [-0.3, -0.25) is 5.10 Å². The van der Waals surface area contributed by atoms with Crippen LogP contribution in [0.15, 0.2) is 12.4 Å². The van der Waals surface area contributed by atoms with Gasteiger partial charge in [-0.2, -0.15) is 5.10 Å². The highest BCUT2D eigenvalue weighted by Gasteiger charge is 2.42. The number of aromatic amines is 1. The van der Waals surface area contributed by atoms with Crippen LogP contribution >= 0.6 is 0 Å². The zero-order chi connectivity index (χ0) is 12.8. The fourth-order valence-electron chi connectivity index (χ4n) is 1.75. The maximum atomic E-state index is 4.53. The molecule has 2 aromatic rings. The largest absolute Gasteiger partial charge is 0.347 e. The molecule has 3 rings (SSSR count). The molecule has 2 heterocycles. The molecule has 1 saturated carbocycles. The predicted molar refractivity (Wildman–Crippen MR) is 68.3 cm³/mol. The third-order valence-electron chi connectivity index (χ3n) is 3.35. The number of anilines is 1. The fourth-order valence-corrected chi connectivity index (χ4v) is 1.75. The molecular formula is C12H16N6. The van der Waals surface area contributed by atoms with E-state index in [-0.39, 0.29) is 5.41 Å². The normalized spacial score (nSPS) is 16.6. The topological polar surface area (TPSA) is 70.6 Å². The van der Waals surface area contributed by atoms with E-state index in [0.717, 1.165) is 11.4 Å². The number of H-pyrrole nitrogens is 1. The lowest BCUT2D eigenvalue weighted by Crippen LogP contribution is -2.12. The quantitative estimate of drug-likeness (QED) is 0.883. The van der Waals surface area contributed by atoms with Crippen LogP contribution in [0.2, 0.25) is 0 Å². The number of nitrogens with one attached hydrogen (secondary N) is 1. The summed E-state index contributed by atoms with van der Waals surface area (Å²) in [6.45, 7) is 2.20. The van der Waals surface area contributed by atoms with Crippen LogP contribution in [0.4, 0.5) is 5.95 Å². The summed E-state index contributed by atoms with van der Waals surface area (Å²) in [6.07, 6.45) is 5.87. The highest BCUT2D eigenvalue weighted by Crippen LogP contribution is 2.46. The van der Waals surface area contributed by atoms with Gasteiger partial charge in [0.15, 0.2) is 5.82 Å². The minimum atomic E-state index is 0.204. The van der Waals surface area contributed by atoms with Gasteiger partial charge in [-0.1, -0.05) is 6.92 Å². The van der Waals surface area contributed by atoms with Gasteiger partial charge in [0.25, 0.3) is 0 Å². The third-order valence-corrected chi connectivity index (χ3v) is 3.35. The van der Waals surface area contributed by atoms with E-state index in [9.17, 15) is 0 Å². The first-order valence-electron chi connectivity index (χ1n) is 6.01. The number of aromatic nitrogens is 5. The van der Waals surface area contributed by atoms with Crippen LogP contribution in [0, 0.1) is 0 Å². The van der Waals surface area contributed by atoms with Gasteiger partial charge in [-0.15, -0.1) is 0 Å². The Morgan fingerprint density at radius 1 is 1.22 bits per heavy atom. The molecule has 1 aliphatic rings. The van der Waals surface area contributed by atoms with E-state index in [0.29, 0.717) is 11.8 Å². The molecule has 0 unspecified atom stereocenters. The molecule has 0 atom stereocenters. The maximum Gasteiger partial charge on any atom is 0.224 e. The Kier molecular flexibility index (Phi) is 2.33. The lowest BCUT2D eigenvalue weighted by atomic mass is 10.1. The molecule has 0 amide bonds. The SMILES string of the molecule is CN(C)c1ncc(-c2n[nH]c(C3(C)CC3)n2)cn1. The Balaban J connectivity index is 1.88. The summed E-state index contributed by atoms with van der Waals surface area (Å²) in [7, 11) is 3.82. The van der Waals surface area contributed by atoms with Crippen molar-refractivity contribution in [3.8, 4) is 11.4 Å². The van der Waals surface area contributed by atoms with Crippen LogP contribution in [0.25, 0.3) is 11.4 Å². The van der Waals surface area contributed by atoms with Crippen molar-refractivity contribution >= 4 is 5.95 Å². The number of nitrogens with zero attached hydrogens (tertiary/aromatic N) is 5. The van der Waals surface area contributed by atoms with Crippen molar-refractivity contribution in [2.75, 3.05) is 19.0 Å². The Morgan fingerprint density at radius 3 is 2.44 bits per heavy atom. The number of hydrogen-bond acceptors (Lipinski definition) is 5. The molecule has 2 aromatic heterocycles. The summed E-state index contributed by atoms with van der Waals surface area (Å²) >= 11 is 0. The highest BCUT2D eigenvalue weighted by molar-refractivity contribution is 5.53. The van der Waals surface area contributed by atoms with Crippen LogP contribution < -0.4 is 4.90 Å². The molecule has 0 bridgehead atoms. The second-order valence-electron chi connectivity index (χ2n) is 5.23. The van der Waals surface area contributed by atoms with Gasteiger partial charge in [0.1, 0.15) is 5.82 Å². The first-order valence-corrected chi connectivity index (χ1v) is 6.01. The van der Waals surface area contributed by atoms with E-state index in [4.69, 9.17) is 0 Å². The van der Waals surface area contributed by atoms with Crippen molar-refractivity contribution in [2.24, 2.45) is 0 Å². The maximum absolute atomic E-state index is 4.53. The molecule has 0 saturated heterocycles. The molecule has 0 spiro atoms. The van der Waals surface area contributed by atoms with Crippen LogP contribution in [0.3, 0.4) is 0 Å². The summed E-state index contributed by atoms with van der Waals surface area (Å²) in [6, 6.07) is 0. The molecule has 94 valence electrons. The lowest BCUT2D eigenvalue weighted by Gasteiger charge is -2.08. The summed E-state index contributed by atoms with van der Waals surface area (Å²) in [4.78, 5) is 14.9. The van der Waals surface area contributed by atoms with Crippen LogP contribution in [-0.2, 0) is 5.41 Å². The molecular weight excluding hydrogens is 228 g/mol. The second-order valence-corrected chi connectivity index (χ2v) is 5.23. The zero-order valence-corrected chi connectivity index (χ0v) is 10.8. The van der Waals surface area contributed by atoms with Gasteiger partial charge in [0, 0.05) is 31.9 Å². The molecule has 6 nitrogen and oxygen atoms in total. The van der Waals surface area contributed by atoms with Crippen molar-refractivity contribution in [1.29, 1.82) is 0 Å². The van der Waals surface area contributed by atoms with Crippen LogP contribution in [0.5, 0.6) is 0 Å².